The molecule has 1 aromatic carbocycles. The van der Waals surface area contributed by atoms with E-state index in [1.165, 1.54) is 30.3 Å². The van der Waals surface area contributed by atoms with E-state index in [0.29, 0.717) is 0 Å². The summed E-state index contributed by atoms with van der Waals surface area (Å²) in [5.41, 5.74) is -0.00908. The molecule has 0 saturated heterocycles. The molecule has 10 heteroatoms. The second kappa shape index (κ2) is 5.84. The van der Waals surface area contributed by atoms with E-state index in [-0.39, 0.29) is 5.56 Å². The van der Waals surface area contributed by atoms with Gasteiger partial charge < -0.3 is 0 Å². The molecule has 0 heterocycles. The average molecular weight is 379 g/mol. The van der Waals surface area contributed by atoms with Gasteiger partial charge in [-0.1, -0.05) is 54.1 Å². The molecule has 124 valence electrons. The lowest BCUT2D eigenvalue weighted by Gasteiger charge is -2.33. The maximum atomic E-state index is 12.6. The van der Waals surface area contributed by atoms with Gasteiger partial charge in [-0.25, -0.2) is 0 Å². The zero-order chi connectivity index (χ0) is 17.5. The van der Waals surface area contributed by atoms with Crippen LogP contribution in [0.3, 0.4) is 0 Å². The van der Waals surface area contributed by atoms with Crippen LogP contribution in [0.5, 0.6) is 0 Å². The van der Waals surface area contributed by atoms with Gasteiger partial charge in [-0.3, -0.25) is 13.9 Å². The number of hydrogen-bond donors (Lipinski definition) is 2. The monoisotopic (exact) mass is 378 g/mol. The summed E-state index contributed by atoms with van der Waals surface area (Å²) in [4.78, 5) is 12.6. The van der Waals surface area contributed by atoms with Crippen LogP contribution in [0.15, 0.2) is 53.6 Å². The van der Waals surface area contributed by atoms with Crippen LogP contribution in [0.1, 0.15) is 10.4 Å². The van der Waals surface area contributed by atoms with Crippen molar-refractivity contribution in [3.05, 3.63) is 59.2 Å². The van der Waals surface area contributed by atoms with Crippen molar-refractivity contribution < 1.29 is 30.7 Å². The van der Waals surface area contributed by atoms with Crippen molar-refractivity contribution in [2.45, 2.75) is 4.08 Å². The first-order valence-corrected chi connectivity index (χ1v) is 9.37. The Balaban J connectivity index is 2.79. The van der Waals surface area contributed by atoms with E-state index < -0.39 is 41.0 Å². The number of rotatable bonds is 4. The van der Waals surface area contributed by atoms with E-state index in [2.05, 4.69) is 0 Å². The lowest BCUT2D eigenvalue weighted by molar-refractivity contribution is 0.0936. The minimum Gasteiger partial charge on any atom is -0.293 e. The van der Waals surface area contributed by atoms with Gasteiger partial charge in [-0.2, -0.15) is 16.8 Å². The van der Waals surface area contributed by atoms with Crippen molar-refractivity contribution in [2.75, 3.05) is 0 Å². The van der Waals surface area contributed by atoms with E-state index in [1.54, 1.807) is 6.07 Å². The largest absolute Gasteiger partial charge is 0.294 e. The minimum absolute atomic E-state index is 0.00908. The number of ketones is 1. The van der Waals surface area contributed by atoms with Crippen LogP contribution >= 0.6 is 11.6 Å². The number of Topliss-reactive ketones (excluding diaryl/α,β-unsaturated/α-hetero) is 1. The highest BCUT2D eigenvalue weighted by Gasteiger charge is 2.64. The minimum atomic E-state index is -5.51. The molecule has 2 rings (SSSR count). The topological polar surface area (TPSA) is 126 Å². The Labute approximate surface area is 137 Å². The zero-order valence-corrected chi connectivity index (χ0v) is 13.7. The van der Waals surface area contributed by atoms with Crippen LogP contribution in [0, 0.1) is 5.92 Å². The van der Waals surface area contributed by atoms with Crippen LogP contribution in [0.2, 0.25) is 0 Å². The highest BCUT2D eigenvalue weighted by molar-refractivity contribution is 8.05. The molecule has 1 atom stereocenters. The van der Waals surface area contributed by atoms with Crippen molar-refractivity contribution in [1.29, 1.82) is 0 Å². The third-order valence-electron chi connectivity index (χ3n) is 3.40. The van der Waals surface area contributed by atoms with Crippen molar-refractivity contribution in [2.24, 2.45) is 5.92 Å². The van der Waals surface area contributed by atoms with Crippen molar-refractivity contribution in [1.82, 2.24) is 0 Å². The molecule has 1 aliphatic rings. The van der Waals surface area contributed by atoms with Crippen LogP contribution in [0.4, 0.5) is 0 Å². The summed E-state index contributed by atoms with van der Waals surface area (Å²) in [7, 11) is -11.0. The highest BCUT2D eigenvalue weighted by atomic mass is 35.5. The fourth-order valence-electron chi connectivity index (χ4n) is 2.38. The molecule has 1 aliphatic carbocycles. The Bertz CT molecular complexity index is 867. The van der Waals surface area contributed by atoms with Gasteiger partial charge >= 0.3 is 0 Å². The molecular formula is C13H11ClO7S2. The Hall–Kier alpha value is -1.52. The molecule has 1 unspecified atom stereocenters. The SMILES string of the molecule is O=C(c1ccccc1)C1C=CC=C(Cl)C1(S(=O)(=O)O)S(=O)(=O)O. The molecular weight excluding hydrogens is 368 g/mol. The van der Waals surface area contributed by atoms with Gasteiger partial charge in [0.25, 0.3) is 24.3 Å². The maximum Gasteiger partial charge on any atom is 0.294 e. The third kappa shape index (κ3) is 2.74. The van der Waals surface area contributed by atoms with Gasteiger partial charge in [-0.15, -0.1) is 0 Å². The molecule has 0 amide bonds. The number of halogens is 1. The maximum absolute atomic E-state index is 12.6. The Morgan fingerprint density at radius 2 is 1.57 bits per heavy atom. The third-order valence-corrected chi connectivity index (χ3v) is 7.79. The van der Waals surface area contributed by atoms with Crippen LogP contribution in [-0.2, 0) is 20.2 Å². The predicted octanol–water partition coefficient (Wildman–Crippen LogP) is 1.65. The standard InChI is InChI=1S/C13H11ClO7S2/c14-11-8-4-7-10(12(15)9-5-2-1-3-6-9)13(11,22(16,17)18)23(19,20)21/h1-8,10H,(H,16,17,18)(H,19,20,21). The van der Waals surface area contributed by atoms with Crippen LogP contribution < -0.4 is 0 Å². The van der Waals surface area contributed by atoms with E-state index in [4.69, 9.17) is 11.6 Å². The smallest absolute Gasteiger partial charge is 0.293 e. The molecule has 0 radical (unpaired) electrons. The van der Waals surface area contributed by atoms with E-state index in [9.17, 15) is 30.7 Å². The van der Waals surface area contributed by atoms with Gasteiger partial charge in [-0.05, 0) is 6.08 Å². The summed E-state index contributed by atoms with van der Waals surface area (Å²) in [5.74, 6) is -2.89. The van der Waals surface area contributed by atoms with Gasteiger partial charge in [0, 0.05) is 5.56 Å². The van der Waals surface area contributed by atoms with Crippen molar-refractivity contribution in [3.63, 3.8) is 0 Å². The molecule has 23 heavy (non-hydrogen) atoms. The summed E-state index contributed by atoms with van der Waals surface area (Å²) < 4.78 is 62.8. The second-order valence-corrected chi connectivity index (χ2v) is 8.58. The lowest BCUT2D eigenvalue weighted by atomic mass is 9.90. The number of allylic oxidation sites excluding steroid dienone is 3. The Morgan fingerprint density at radius 3 is 2.04 bits per heavy atom. The normalized spacial score (nSPS) is 20.8. The first-order valence-electron chi connectivity index (χ1n) is 6.11. The molecule has 0 aliphatic heterocycles. The number of benzene rings is 1. The van der Waals surface area contributed by atoms with E-state index in [1.807, 2.05) is 0 Å². The summed E-state index contributed by atoms with van der Waals surface area (Å²) >= 11 is 5.71. The summed E-state index contributed by atoms with van der Waals surface area (Å²) in [6.07, 6.45) is 2.99. The number of carbonyl (C=O) groups excluding carboxylic acids is 1. The first kappa shape index (κ1) is 17.8. The van der Waals surface area contributed by atoms with Crippen LogP contribution in [0.25, 0.3) is 0 Å². The van der Waals surface area contributed by atoms with Crippen molar-refractivity contribution >= 4 is 37.6 Å². The molecule has 7 nitrogen and oxygen atoms in total. The van der Waals surface area contributed by atoms with E-state index in [0.717, 1.165) is 12.2 Å². The molecule has 0 fully saturated rings. The van der Waals surface area contributed by atoms with Crippen LogP contribution in [-0.4, -0.2) is 35.8 Å². The molecule has 0 aromatic heterocycles. The fraction of sp³-hybridized carbons (Fsp3) is 0.154. The zero-order valence-electron chi connectivity index (χ0n) is 11.3. The lowest BCUT2D eigenvalue weighted by Crippen LogP contribution is -2.55. The molecule has 2 N–H and O–H groups in total. The number of hydrogen-bond acceptors (Lipinski definition) is 5. The predicted molar refractivity (Wildman–Crippen MR) is 83.2 cm³/mol. The Morgan fingerprint density at radius 1 is 1.04 bits per heavy atom. The molecule has 0 saturated carbocycles. The van der Waals surface area contributed by atoms with Gasteiger partial charge in [0.1, 0.15) is 0 Å². The van der Waals surface area contributed by atoms with E-state index >= 15 is 0 Å². The van der Waals surface area contributed by atoms with Gasteiger partial charge in [0.2, 0.25) is 0 Å². The molecule has 0 spiro atoms. The Kier molecular flexibility index (Phi) is 4.53. The molecule has 1 aromatic rings. The second-order valence-electron chi connectivity index (χ2n) is 4.73. The fourth-order valence-corrected chi connectivity index (χ4v) is 5.87. The summed E-state index contributed by atoms with van der Waals surface area (Å²) in [6.45, 7) is 0. The highest BCUT2D eigenvalue weighted by Crippen LogP contribution is 2.45. The number of carbonyl (C=O) groups is 1. The average Bonchev–Trinajstić information content (AvgIpc) is 2.44. The van der Waals surface area contributed by atoms with Gasteiger partial charge in [0.15, 0.2) is 5.78 Å². The summed E-state index contributed by atoms with van der Waals surface area (Å²) in [5, 5.41) is -0.903. The molecule has 0 bridgehead atoms. The quantitative estimate of drug-likeness (QED) is 0.602. The van der Waals surface area contributed by atoms with Gasteiger partial charge in [0.05, 0.1) is 11.0 Å². The first-order chi connectivity index (χ1) is 10.5. The van der Waals surface area contributed by atoms with Crippen molar-refractivity contribution in [3.8, 4) is 0 Å². The summed E-state index contributed by atoms with van der Waals surface area (Å²) in [6, 6.07) is 7.24.